The lowest BCUT2D eigenvalue weighted by atomic mass is 9.44. The van der Waals surface area contributed by atoms with Gasteiger partial charge in [0, 0.05) is 44.4 Å². The predicted molar refractivity (Wildman–Crippen MR) is 337 cm³/mol. The highest BCUT2D eigenvalue weighted by Crippen LogP contribution is 2.52. The van der Waals surface area contributed by atoms with E-state index in [1.165, 1.54) is 154 Å². The predicted octanol–water partition coefficient (Wildman–Crippen LogP) is 18.5. The second kappa shape index (κ2) is 17.3. The standard InChI is InChI=1S/C76H49BN2/c1-5-21-48(22-6-1)39-63-61-35-19-20-36-62(61)64(40-49-23-7-2-8-24-49)66-47-70-68(46-65(63)66)77-75-71(78(70)57-42-55(50-25-9-3-10-26-50)41-56(43-57)51-27-11-4-12-28-51)45-54-31-15-17-33-59(54)72(75)67-44-53-30-14-18-34-60(53)74-73-58-32-16-13-29-52(58)37-38-69(73)79(77)76(67)74/h1-38,41-47H,39-40H2. The van der Waals surface area contributed by atoms with E-state index in [9.17, 15) is 0 Å². The highest BCUT2D eigenvalue weighted by molar-refractivity contribution is 6.90. The van der Waals surface area contributed by atoms with Crippen LogP contribution in [-0.4, -0.2) is 11.3 Å². The van der Waals surface area contributed by atoms with E-state index >= 15 is 0 Å². The molecule has 3 heterocycles. The molecule has 0 saturated carbocycles. The summed E-state index contributed by atoms with van der Waals surface area (Å²) >= 11 is 0. The second-order valence-corrected chi connectivity index (χ2v) is 21.8. The molecule has 0 saturated heterocycles. The van der Waals surface area contributed by atoms with Crippen molar-refractivity contribution in [2.45, 2.75) is 12.8 Å². The van der Waals surface area contributed by atoms with E-state index in [4.69, 9.17) is 0 Å². The highest BCUT2D eigenvalue weighted by Gasteiger charge is 2.44. The average molecular weight is 1000 g/mol. The Bertz CT molecular complexity index is 4950. The SMILES string of the molecule is c1ccc(Cc2c3ccccc3c(Cc3ccccc3)c3cc4c(cc23)B2c3c(cc5ccccc5c3-c3cc5ccccc5c5c6c7ccccc7ccc6n2c35)N4c2cc(-c3ccccc3)cc(-c3ccccc3)c2)cc1. The Morgan fingerprint density at radius 1 is 0.329 bits per heavy atom. The Hall–Kier alpha value is -9.96. The highest BCUT2D eigenvalue weighted by atomic mass is 15.2. The first-order valence-corrected chi connectivity index (χ1v) is 27.8. The maximum atomic E-state index is 2.78. The van der Waals surface area contributed by atoms with Gasteiger partial charge in [0.05, 0.1) is 0 Å². The average Bonchev–Trinajstić information content (AvgIpc) is 2.56. The molecule has 0 radical (unpaired) electrons. The molecular weight excluding hydrogens is 952 g/mol. The minimum Gasteiger partial charge on any atom is -0.375 e. The van der Waals surface area contributed by atoms with Crippen LogP contribution in [0.5, 0.6) is 0 Å². The molecule has 0 atom stereocenters. The van der Waals surface area contributed by atoms with Gasteiger partial charge in [-0.1, -0.05) is 231 Å². The second-order valence-electron chi connectivity index (χ2n) is 21.8. The zero-order valence-electron chi connectivity index (χ0n) is 43.4. The number of anilines is 3. The van der Waals surface area contributed by atoms with Crippen LogP contribution in [0.4, 0.5) is 17.1 Å². The molecule has 1 aromatic heterocycles. The van der Waals surface area contributed by atoms with Crippen LogP contribution >= 0.6 is 0 Å². The first-order valence-electron chi connectivity index (χ1n) is 27.8. The van der Waals surface area contributed by atoms with E-state index in [0.29, 0.717) is 0 Å². The summed E-state index contributed by atoms with van der Waals surface area (Å²) in [4.78, 5) is 2.66. The van der Waals surface area contributed by atoms with Crippen LogP contribution in [0.15, 0.2) is 273 Å². The van der Waals surface area contributed by atoms with Crippen molar-refractivity contribution in [1.82, 2.24) is 4.48 Å². The molecule has 0 bridgehead atoms. The van der Waals surface area contributed by atoms with Crippen molar-refractivity contribution >= 4 is 111 Å². The van der Waals surface area contributed by atoms with Gasteiger partial charge in [-0.2, -0.15) is 0 Å². The van der Waals surface area contributed by atoms with E-state index in [1.807, 2.05) is 0 Å². The largest absolute Gasteiger partial charge is 0.375 e. The monoisotopic (exact) mass is 1000 g/mol. The number of hydrogen-bond donors (Lipinski definition) is 0. The van der Waals surface area contributed by atoms with Crippen LogP contribution in [0.25, 0.3) is 109 Å². The lowest BCUT2D eigenvalue weighted by molar-refractivity contribution is 1.21. The summed E-state index contributed by atoms with van der Waals surface area (Å²) in [5.41, 5.74) is 21.4. The third-order valence-corrected chi connectivity index (χ3v) is 17.6. The van der Waals surface area contributed by atoms with Crippen LogP contribution in [-0.2, 0) is 12.8 Å². The smallest absolute Gasteiger partial charge is 0.333 e. The fraction of sp³-hybridized carbons (Fsp3) is 0.0263. The van der Waals surface area contributed by atoms with Gasteiger partial charge in [0.25, 0.3) is 0 Å². The molecule has 0 spiro atoms. The van der Waals surface area contributed by atoms with Crippen molar-refractivity contribution in [2.24, 2.45) is 0 Å². The molecule has 17 rings (SSSR count). The Labute approximate surface area is 458 Å². The summed E-state index contributed by atoms with van der Waals surface area (Å²) in [6.45, 7) is -0.181. The summed E-state index contributed by atoms with van der Waals surface area (Å²) in [6.07, 6.45) is 1.61. The van der Waals surface area contributed by atoms with E-state index in [-0.39, 0.29) is 6.85 Å². The first-order chi connectivity index (χ1) is 39.2. The van der Waals surface area contributed by atoms with Gasteiger partial charge in [-0.25, -0.2) is 0 Å². The maximum absolute atomic E-state index is 2.78. The third kappa shape index (κ3) is 6.66. The number of hydrogen-bond acceptors (Lipinski definition) is 1. The van der Waals surface area contributed by atoms with Crippen molar-refractivity contribution in [3.05, 3.63) is 295 Å². The molecule has 79 heavy (non-hydrogen) atoms. The van der Waals surface area contributed by atoms with Crippen LogP contribution in [0, 0.1) is 0 Å². The van der Waals surface area contributed by atoms with Gasteiger partial charge < -0.3 is 9.38 Å². The number of benzene rings is 14. The van der Waals surface area contributed by atoms with Crippen molar-refractivity contribution in [2.75, 3.05) is 4.90 Å². The number of nitrogens with zero attached hydrogens (tertiary/aromatic N) is 2. The minimum absolute atomic E-state index is 0.181. The molecule has 0 unspecified atom stereocenters. The Morgan fingerprint density at radius 3 is 1.43 bits per heavy atom. The summed E-state index contributed by atoms with van der Waals surface area (Å²) in [5, 5.41) is 15.4. The third-order valence-electron chi connectivity index (χ3n) is 17.6. The van der Waals surface area contributed by atoms with E-state index in [0.717, 1.165) is 18.5 Å². The molecule has 14 aromatic carbocycles. The Balaban J connectivity index is 1.09. The lowest BCUT2D eigenvalue weighted by Gasteiger charge is -2.41. The quantitative estimate of drug-likeness (QED) is 0.114. The zero-order valence-corrected chi connectivity index (χ0v) is 43.4. The summed E-state index contributed by atoms with van der Waals surface area (Å²) in [6, 6.07) is 103. The Morgan fingerprint density at radius 2 is 0.823 bits per heavy atom. The van der Waals surface area contributed by atoms with Gasteiger partial charge in [-0.05, 0) is 170 Å². The summed E-state index contributed by atoms with van der Waals surface area (Å²) in [7, 11) is 0. The molecule has 3 heteroatoms. The number of aromatic nitrogens is 1. The van der Waals surface area contributed by atoms with E-state index < -0.39 is 0 Å². The van der Waals surface area contributed by atoms with E-state index in [1.54, 1.807) is 0 Å². The molecule has 0 amide bonds. The minimum atomic E-state index is -0.181. The Kier molecular flexibility index (Phi) is 9.67. The van der Waals surface area contributed by atoms with Gasteiger partial charge in [0.2, 0.25) is 0 Å². The van der Waals surface area contributed by atoms with Crippen LogP contribution in [0.2, 0.25) is 0 Å². The molecule has 0 N–H and O–H groups in total. The lowest BCUT2D eigenvalue weighted by Crippen LogP contribution is -2.56. The molecule has 2 aliphatic rings. The van der Waals surface area contributed by atoms with Crippen LogP contribution < -0.4 is 15.8 Å². The van der Waals surface area contributed by atoms with Gasteiger partial charge >= 0.3 is 6.85 Å². The normalized spacial score (nSPS) is 12.6. The number of rotatable bonds is 7. The van der Waals surface area contributed by atoms with Gasteiger partial charge in [-0.3, -0.25) is 0 Å². The van der Waals surface area contributed by atoms with Gasteiger partial charge in [-0.15, -0.1) is 0 Å². The maximum Gasteiger partial charge on any atom is 0.333 e. The summed E-state index contributed by atoms with van der Waals surface area (Å²) in [5.74, 6) is 0. The molecular formula is C76H49BN2. The van der Waals surface area contributed by atoms with Crippen LogP contribution in [0.3, 0.4) is 0 Å². The molecule has 2 nitrogen and oxygen atoms in total. The van der Waals surface area contributed by atoms with Crippen molar-refractivity contribution < 1.29 is 0 Å². The fourth-order valence-electron chi connectivity index (χ4n) is 14.2. The van der Waals surface area contributed by atoms with Crippen LogP contribution in [0.1, 0.15) is 22.3 Å². The fourth-order valence-corrected chi connectivity index (χ4v) is 14.2. The first kappa shape index (κ1) is 44.2. The summed E-state index contributed by atoms with van der Waals surface area (Å²) < 4.78 is 2.78. The van der Waals surface area contributed by atoms with E-state index in [2.05, 4.69) is 282 Å². The van der Waals surface area contributed by atoms with Crippen molar-refractivity contribution in [3.8, 4) is 33.4 Å². The van der Waals surface area contributed by atoms with Crippen molar-refractivity contribution in [1.29, 1.82) is 0 Å². The topological polar surface area (TPSA) is 8.17 Å². The molecule has 366 valence electrons. The molecule has 2 aliphatic heterocycles. The molecule has 15 aromatic rings. The van der Waals surface area contributed by atoms with Crippen molar-refractivity contribution in [3.63, 3.8) is 0 Å². The van der Waals surface area contributed by atoms with Gasteiger partial charge in [0.1, 0.15) is 0 Å². The van der Waals surface area contributed by atoms with Gasteiger partial charge in [0.15, 0.2) is 0 Å². The number of fused-ring (bicyclic) bond motifs is 15. The zero-order chi connectivity index (χ0) is 51.7. The molecule has 0 fully saturated rings. The molecule has 0 aliphatic carbocycles.